The third-order valence-electron chi connectivity index (χ3n) is 5.51. The van der Waals surface area contributed by atoms with Crippen LogP contribution < -0.4 is 5.32 Å². The number of hydrogen-bond donors (Lipinski definition) is 1. The van der Waals surface area contributed by atoms with Crippen LogP contribution in [0.25, 0.3) is 0 Å². The molecule has 1 N–H and O–H groups in total. The molecule has 0 aromatic rings. The fraction of sp³-hybridized carbons (Fsp3) is 0.950. The molecular formula is C20H41N5S. The van der Waals surface area contributed by atoms with Crippen molar-refractivity contribution in [2.75, 3.05) is 71.2 Å². The lowest BCUT2D eigenvalue weighted by atomic mass is 10.1. The fourth-order valence-corrected chi connectivity index (χ4v) is 5.02. The Bertz CT molecular complexity index is 420. The highest BCUT2D eigenvalue weighted by Crippen LogP contribution is 2.24. The van der Waals surface area contributed by atoms with Crippen molar-refractivity contribution in [3.8, 4) is 0 Å². The third-order valence-corrected chi connectivity index (χ3v) is 7.05. The quantitative estimate of drug-likeness (QED) is 0.539. The largest absolute Gasteiger partial charge is 0.357 e. The van der Waals surface area contributed by atoms with Gasteiger partial charge in [-0.3, -0.25) is 4.99 Å². The molecule has 2 atom stereocenters. The number of nitrogens with zero attached hydrogens (tertiary/aromatic N) is 4. The molecule has 0 spiro atoms. The average molecular weight is 384 g/mol. The molecule has 2 saturated heterocycles. The van der Waals surface area contributed by atoms with Gasteiger partial charge in [0, 0.05) is 69.9 Å². The molecule has 0 amide bonds. The SMILES string of the molecule is CCNC(=NCC(C)CN1CCN(CC)CC1)N1CCSC(C(C)C)C1. The Hall–Kier alpha value is -0.460. The van der Waals surface area contributed by atoms with E-state index in [1.165, 1.54) is 45.0 Å². The van der Waals surface area contributed by atoms with Gasteiger partial charge in [0.25, 0.3) is 0 Å². The van der Waals surface area contributed by atoms with Crippen molar-refractivity contribution >= 4 is 17.7 Å². The molecule has 2 fully saturated rings. The van der Waals surface area contributed by atoms with Crippen molar-refractivity contribution in [1.82, 2.24) is 20.0 Å². The van der Waals surface area contributed by atoms with Gasteiger partial charge < -0.3 is 20.0 Å². The number of guanidine groups is 1. The van der Waals surface area contributed by atoms with E-state index >= 15 is 0 Å². The standard InChI is InChI=1S/C20H41N5S/c1-6-21-20(25-12-13-26-19(16-25)17(3)4)22-14-18(5)15-24-10-8-23(7-2)9-11-24/h17-19H,6-16H2,1-5H3,(H,21,22). The summed E-state index contributed by atoms with van der Waals surface area (Å²) in [7, 11) is 0. The smallest absolute Gasteiger partial charge is 0.193 e. The Morgan fingerprint density at radius 2 is 1.77 bits per heavy atom. The lowest BCUT2D eigenvalue weighted by molar-refractivity contribution is 0.125. The van der Waals surface area contributed by atoms with E-state index in [-0.39, 0.29) is 0 Å². The van der Waals surface area contributed by atoms with Crippen molar-refractivity contribution < 1.29 is 0 Å². The van der Waals surface area contributed by atoms with E-state index < -0.39 is 0 Å². The molecular weight excluding hydrogens is 342 g/mol. The van der Waals surface area contributed by atoms with E-state index in [0.29, 0.717) is 5.92 Å². The van der Waals surface area contributed by atoms with Crippen LogP contribution in [0.1, 0.15) is 34.6 Å². The Balaban J connectivity index is 1.83. The van der Waals surface area contributed by atoms with E-state index in [4.69, 9.17) is 4.99 Å². The third kappa shape index (κ3) is 6.93. The minimum atomic E-state index is 0.608. The average Bonchev–Trinajstić information content (AvgIpc) is 2.65. The van der Waals surface area contributed by atoms with Crippen molar-refractivity contribution in [2.24, 2.45) is 16.8 Å². The van der Waals surface area contributed by atoms with E-state index in [0.717, 1.165) is 43.3 Å². The van der Waals surface area contributed by atoms with Crippen LogP contribution >= 0.6 is 11.8 Å². The molecule has 152 valence electrons. The zero-order chi connectivity index (χ0) is 18.9. The lowest BCUT2D eigenvalue weighted by Gasteiger charge is -2.37. The Kier molecular flexibility index (Phi) is 9.57. The maximum absolute atomic E-state index is 5.01. The topological polar surface area (TPSA) is 34.1 Å². The maximum atomic E-state index is 5.01. The van der Waals surface area contributed by atoms with Gasteiger partial charge in [-0.2, -0.15) is 11.8 Å². The molecule has 26 heavy (non-hydrogen) atoms. The van der Waals surface area contributed by atoms with Gasteiger partial charge in [0.15, 0.2) is 5.96 Å². The van der Waals surface area contributed by atoms with Crippen LogP contribution in [-0.4, -0.2) is 97.1 Å². The van der Waals surface area contributed by atoms with Crippen LogP contribution in [0.3, 0.4) is 0 Å². The van der Waals surface area contributed by atoms with Gasteiger partial charge in [-0.15, -0.1) is 0 Å². The van der Waals surface area contributed by atoms with Crippen LogP contribution in [0.15, 0.2) is 4.99 Å². The number of aliphatic imine (C=N–C) groups is 1. The van der Waals surface area contributed by atoms with Crippen molar-refractivity contribution in [1.29, 1.82) is 0 Å². The minimum Gasteiger partial charge on any atom is -0.357 e. The summed E-state index contributed by atoms with van der Waals surface area (Å²) < 4.78 is 0. The number of likely N-dealkylation sites (N-methyl/N-ethyl adjacent to an activating group) is 1. The first-order valence-corrected chi connectivity index (χ1v) is 11.7. The highest BCUT2D eigenvalue weighted by Gasteiger charge is 2.25. The van der Waals surface area contributed by atoms with Gasteiger partial charge >= 0.3 is 0 Å². The molecule has 0 radical (unpaired) electrons. The van der Waals surface area contributed by atoms with Gasteiger partial charge in [-0.05, 0) is 25.3 Å². The molecule has 2 unspecified atom stereocenters. The Morgan fingerprint density at radius 3 is 2.38 bits per heavy atom. The van der Waals surface area contributed by atoms with E-state index in [9.17, 15) is 0 Å². The molecule has 0 aromatic heterocycles. The van der Waals surface area contributed by atoms with Crippen LogP contribution in [-0.2, 0) is 0 Å². The molecule has 0 saturated carbocycles. The highest BCUT2D eigenvalue weighted by atomic mass is 32.2. The summed E-state index contributed by atoms with van der Waals surface area (Å²) in [5, 5.41) is 4.25. The molecule has 2 heterocycles. The predicted molar refractivity (Wildman–Crippen MR) is 116 cm³/mol. The van der Waals surface area contributed by atoms with Gasteiger partial charge in [0.2, 0.25) is 0 Å². The summed E-state index contributed by atoms with van der Waals surface area (Å²) in [5.74, 6) is 3.68. The van der Waals surface area contributed by atoms with Gasteiger partial charge in [0.05, 0.1) is 0 Å². The number of nitrogens with one attached hydrogen (secondary N) is 1. The fourth-order valence-electron chi connectivity index (χ4n) is 3.73. The Labute approximate surface area is 166 Å². The Morgan fingerprint density at radius 1 is 1.08 bits per heavy atom. The predicted octanol–water partition coefficient (Wildman–Crippen LogP) is 2.30. The van der Waals surface area contributed by atoms with Crippen LogP contribution in [0.5, 0.6) is 0 Å². The summed E-state index contributed by atoms with van der Waals surface area (Å²) in [5.41, 5.74) is 0. The molecule has 2 rings (SSSR count). The van der Waals surface area contributed by atoms with Crippen molar-refractivity contribution in [2.45, 2.75) is 39.9 Å². The summed E-state index contributed by atoms with van der Waals surface area (Å²) in [6, 6.07) is 0. The van der Waals surface area contributed by atoms with Gasteiger partial charge in [-0.25, -0.2) is 0 Å². The number of piperazine rings is 1. The number of rotatable bonds is 7. The summed E-state index contributed by atoms with van der Waals surface area (Å²) >= 11 is 2.13. The van der Waals surface area contributed by atoms with Gasteiger partial charge in [-0.1, -0.05) is 27.7 Å². The zero-order valence-corrected chi connectivity index (χ0v) is 18.5. The van der Waals surface area contributed by atoms with E-state index in [2.05, 4.69) is 66.4 Å². The second kappa shape index (κ2) is 11.4. The van der Waals surface area contributed by atoms with E-state index in [1.54, 1.807) is 0 Å². The van der Waals surface area contributed by atoms with E-state index in [1.807, 2.05) is 0 Å². The second-order valence-corrected chi connectivity index (χ2v) is 9.48. The summed E-state index contributed by atoms with van der Waals surface area (Å²) in [6.07, 6.45) is 0. The molecule has 0 bridgehead atoms. The molecule has 2 aliphatic rings. The first-order valence-electron chi connectivity index (χ1n) is 10.6. The molecule has 0 aliphatic carbocycles. The first-order chi connectivity index (χ1) is 12.5. The first kappa shape index (κ1) is 21.8. The molecule has 0 aromatic carbocycles. The summed E-state index contributed by atoms with van der Waals surface area (Å²) in [4.78, 5) is 12.7. The van der Waals surface area contributed by atoms with Crippen molar-refractivity contribution in [3.05, 3.63) is 0 Å². The van der Waals surface area contributed by atoms with Crippen LogP contribution in [0.2, 0.25) is 0 Å². The number of thioether (sulfide) groups is 1. The second-order valence-electron chi connectivity index (χ2n) is 8.13. The van der Waals surface area contributed by atoms with Crippen LogP contribution in [0.4, 0.5) is 0 Å². The van der Waals surface area contributed by atoms with Crippen LogP contribution in [0, 0.1) is 11.8 Å². The normalized spacial score (nSPS) is 24.9. The van der Waals surface area contributed by atoms with Gasteiger partial charge in [0.1, 0.15) is 0 Å². The lowest BCUT2D eigenvalue weighted by Crippen LogP contribution is -2.49. The highest BCUT2D eigenvalue weighted by molar-refractivity contribution is 8.00. The summed E-state index contributed by atoms with van der Waals surface area (Å²) in [6.45, 7) is 22.8. The molecule has 5 nitrogen and oxygen atoms in total. The minimum absolute atomic E-state index is 0.608. The van der Waals surface area contributed by atoms with Crippen molar-refractivity contribution in [3.63, 3.8) is 0 Å². The zero-order valence-electron chi connectivity index (χ0n) is 17.7. The molecule has 6 heteroatoms. The monoisotopic (exact) mass is 383 g/mol. The molecule has 2 aliphatic heterocycles. The number of hydrogen-bond acceptors (Lipinski definition) is 4. The maximum Gasteiger partial charge on any atom is 0.193 e.